The molecule has 118 valence electrons. The van der Waals surface area contributed by atoms with Gasteiger partial charge in [-0.2, -0.15) is 0 Å². The number of nitrogens with one attached hydrogen (secondary N) is 3. The third kappa shape index (κ3) is 7.13. The van der Waals surface area contributed by atoms with Crippen molar-refractivity contribution in [1.29, 1.82) is 0 Å². The van der Waals surface area contributed by atoms with Crippen molar-refractivity contribution in [3.8, 4) is 0 Å². The van der Waals surface area contributed by atoms with E-state index in [-0.39, 0.29) is 11.7 Å². The molecule has 0 fully saturated rings. The molecule has 0 aliphatic rings. The zero-order valence-electron chi connectivity index (χ0n) is 11.6. The van der Waals surface area contributed by atoms with Crippen molar-refractivity contribution in [2.75, 3.05) is 11.9 Å². The molecule has 1 heterocycles. The second kappa shape index (κ2) is 7.45. The van der Waals surface area contributed by atoms with Crippen LogP contribution in [0.2, 0.25) is 0 Å². The summed E-state index contributed by atoms with van der Waals surface area (Å²) >= 11 is 5.85. The lowest BCUT2D eigenvalue weighted by Gasteiger charge is -2.20. The highest BCUT2D eigenvalue weighted by molar-refractivity contribution is 7.73. The first kappa shape index (κ1) is 17.5. The fourth-order valence-electron chi connectivity index (χ4n) is 1.03. The Bertz CT molecular complexity index is 550. The van der Waals surface area contributed by atoms with Gasteiger partial charge >= 0.3 is 12.0 Å². The number of amides is 2. The maximum atomic E-state index is 11.6. The van der Waals surface area contributed by atoms with E-state index in [1.807, 2.05) is 0 Å². The minimum absolute atomic E-state index is 0.230. The summed E-state index contributed by atoms with van der Waals surface area (Å²) in [6.07, 6.45) is 0. The Morgan fingerprint density at radius 2 is 2.19 bits per heavy atom. The highest BCUT2D eigenvalue weighted by Gasteiger charge is 2.22. The Balaban J connectivity index is 2.48. The van der Waals surface area contributed by atoms with Crippen LogP contribution in [0.25, 0.3) is 0 Å². The predicted molar refractivity (Wildman–Crippen MR) is 77.7 cm³/mol. The molecule has 0 radical (unpaired) electrons. The van der Waals surface area contributed by atoms with Gasteiger partial charge in [-0.15, -0.1) is 5.10 Å². The molecule has 11 heteroatoms. The van der Waals surface area contributed by atoms with Crippen molar-refractivity contribution < 1.29 is 24.5 Å². The summed E-state index contributed by atoms with van der Waals surface area (Å²) in [5.74, 6) is -1.25. The van der Waals surface area contributed by atoms with Crippen LogP contribution in [0.15, 0.2) is 0 Å². The van der Waals surface area contributed by atoms with E-state index in [4.69, 9.17) is 27.1 Å². The topological polar surface area (TPSA) is 126 Å². The van der Waals surface area contributed by atoms with E-state index in [9.17, 15) is 9.59 Å². The van der Waals surface area contributed by atoms with Gasteiger partial charge in [0.05, 0.1) is 5.60 Å². The Kier molecular flexibility index (Phi) is 6.20. The van der Waals surface area contributed by atoms with Crippen LogP contribution >= 0.6 is 23.6 Å². The van der Waals surface area contributed by atoms with Gasteiger partial charge in [-0.25, -0.2) is 19.4 Å². The van der Waals surface area contributed by atoms with Gasteiger partial charge in [-0.3, -0.25) is 10.4 Å². The van der Waals surface area contributed by atoms with Crippen LogP contribution in [0.5, 0.6) is 0 Å². The Morgan fingerprint density at radius 1 is 1.52 bits per heavy atom. The van der Waals surface area contributed by atoms with Crippen molar-refractivity contribution in [2.24, 2.45) is 0 Å². The normalized spacial score (nSPS) is 12.7. The third-order valence-corrected chi connectivity index (χ3v) is 2.81. The number of carboxylic acid groups (broad SMARTS) is 1. The van der Waals surface area contributed by atoms with Gasteiger partial charge in [-0.1, -0.05) is 11.3 Å². The standard InChI is InChI=1S/C10H16N4O5S2/c1-10(2,3)19-18-4-5(6(15)16)11-7(17)12-8-13-14-9(20)21-8/h5H,4H2,1-3H3,(H,14,20)(H,15,16)(H2,11,12,13,17)/t5-/m0/s1. The zero-order valence-corrected chi connectivity index (χ0v) is 13.3. The van der Waals surface area contributed by atoms with E-state index >= 15 is 0 Å². The molecule has 9 nitrogen and oxygen atoms in total. The molecule has 0 saturated carbocycles. The zero-order chi connectivity index (χ0) is 16.0. The molecule has 2 amide bonds. The van der Waals surface area contributed by atoms with Crippen LogP contribution in [-0.4, -0.2) is 45.6 Å². The van der Waals surface area contributed by atoms with Crippen LogP contribution < -0.4 is 10.6 Å². The Morgan fingerprint density at radius 3 is 2.67 bits per heavy atom. The van der Waals surface area contributed by atoms with Crippen molar-refractivity contribution in [1.82, 2.24) is 15.5 Å². The summed E-state index contributed by atoms with van der Waals surface area (Å²) in [7, 11) is 0. The minimum atomic E-state index is -1.26. The number of hydrogen-bond acceptors (Lipinski definition) is 7. The molecule has 0 bridgehead atoms. The smallest absolute Gasteiger partial charge is 0.328 e. The number of carboxylic acids is 1. The van der Waals surface area contributed by atoms with Crippen molar-refractivity contribution in [2.45, 2.75) is 32.4 Å². The van der Waals surface area contributed by atoms with Gasteiger partial charge in [0.2, 0.25) is 5.13 Å². The molecule has 1 aromatic heterocycles. The van der Waals surface area contributed by atoms with E-state index < -0.39 is 23.6 Å². The number of anilines is 1. The fraction of sp³-hybridized carbons (Fsp3) is 0.600. The molecule has 0 spiro atoms. The molecule has 0 aliphatic heterocycles. The van der Waals surface area contributed by atoms with Crippen LogP contribution in [-0.2, 0) is 14.6 Å². The number of hydrogen-bond donors (Lipinski definition) is 4. The van der Waals surface area contributed by atoms with Crippen molar-refractivity contribution in [3.05, 3.63) is 3.95 Å². The number of nitrogens with zero attached hydrogens (tertiary/aromatic N) is 1. The average molecular weight is 336 g/mol. The number of carbonyl (C=O) groups is 2. The number of rotatable bonds is 6. The van der Waals surface area contributed by atoms with Crippen LogP contribution in [0, 0.1) is 3.95 Å². The van der Waals surface area contributed by atoms with Gasteiger partial charge in [-0.05, 0) is 33.0 Å². The molecular weight excluding hydrogens is 320 g/mol. The SMILES string of the molecule is CC(C)(C)OOC[C@H](NC(=O)Nc1n[nH]c(=S)s1)C(=O)O. The third-order valence-electron chi connectivity index (χ3n) is 1.81. The minimum Gasteiger partial charge on any atom is -0.480 e. The summed E-state index contributed by atoms with van der Waals surface area (Å²) < 4.78 is 0.391. The summed E-state index contributed by atoms with van der Waals surface area (Å²) in [5.41, 5.74) is -0.581. The van der Waals surface area contributed by atoms with Crippen molar-refractivity contribution in [3.63, 3.8) is 0 Å². The Hall–Kier alpha value is -1.56. The molecule has 0 unspecified atom stereocenters. The highest BCUT2D eigenvalue weighted by atomic mass is 32.1. The first-order valence-corrected chi connectivity index (χ1v) is 7.06. The molecular formula is C10H16N4O5S2. The molecule has 0 aliphatic carbocycles. The second-order valence-electron chi connectivity index (χ2n) is 4.89. The second-order valence-corrected chi connectivity index (χ2v) is 6.55. The maximum absolute atomic E-state index is 11.6. The largest absolute Gasteiger partial charge is 0.480 e. The lowest BCUT2D eigenvalue weighted by atomic mass is 10.2. The monoisotopic (exact) mass is 336 g/mol. The summed E-state index contributed by atoms with van der Waals surface area (Å²) in [6.45, 7) is 4.90. The molecule has 4 N–H and O–H groups in total. The summed E-state index contributed by atoms with van der Waals surface area (Å²) in [5, 5.41) is 20.0. The maximum Gasteiger partial charge on any atom is 0.328 e. The van der Waals surface area contributed by atoms with Crippen LogP contribution in [0.1, 0.15) is 20.8 Å². The number of aromatic nitrogens is 2. The summed E-state index contributed by atoms with van der Waals surface area (Å²) in [6, 6.07) is -2.00. The van der Waals surface area contributed by atoms with Crippen LogP contribution in [0.3, 0.4) is 0 Å². The number of aliphatic carboxylic acids is 1. The van der Waals surface area contributed by atoms with Crippen LogP contribution in [0.4, 0.5) is 9.93 Å². The lowest BCUT2D eigenvalue weighted by Crippen LogP contribution is -2.46. The number of carbonyl (C=O) groups excluding carboxylic acids is 1. The molecule has 21 heavy (non-hydrogen) atoms. The van der Waals surface area contributed by atoms with Gasteiger partial charge < -0.3 is 10.4 Å². The summed E-state index contributed by atoms with van der Waals surface area (Å²) in [4.78, 5) is 32.4. The highest BCUT2D eigenvalue weighted by Crippen LogP contribution is 2.10. The molecule has 0 aromatic carbocycles. The van der Waals surface area contributed by atoms with E-state index in [0.717, 1.165) is 11.3 Å². The fourth-order valence-corrected chi connectivity index (χ4v) is 1.81. The van der Waals surface area contributed by atoms with E-state index in [2.05, 4.69) is 20.8 Å². The number of aromatic amines is 1. The number of urea groups is 1. The van der Waals surface area contributed by atoms with Gasteiger partial charge in [0.1, 0.15) is 6.61 Å². The molecule has 1 aromatic rings. The van der Waals surface area contributed by atoms with Gasteiger partial charge in [0.25, 0.3) is 0 Å². The first-order valence-electron chi connectivity index (χ1n) is 5.84. The van der Waals surface area contributed by atoms with Crippen molar-refractivity contribution >= 4 is 40.7 Å². The molecule has 0 saturated heterocycles. The lowest BCUT2D eigenvalue weighted by molar-refractivity contribution is -0.349. The van der Waals surface area contributed by atoms with Gasteiger partial charge in [0.15, 0.2) is 10.00 Å². The quantitative estimate of drug-likeness (QED) is 0.352. The first-order chi connectivity index (χ1) is 9.67. The van der Waals surface area contributed by atoms with E-state index in [1.54, 1.807) is 20.8 Å². The molecule has 1 rings (SSSR count). The predicted octanol–water partition coefficient (Wildman–Crippen LogP) is 1.52. The number of H-pyrrole nitrogens is 1. The average Bonchev–Trinajstić information content (AvgIpc) is 2.71. The van der Waals surface area contributed by atoms with E-state index in [0.29, 0.717) is 3.95 Å². The molecule has 1 atom stereocenters. The van der Waals surface area contributed by atoms with Gasteiger partial charge in [0, 0.05) is 0 Å². The van der Waals surface area contributed by atoms with E-state index in [1.165, 1.54) is 0 Å². The Labute approximate surface area is 129 Å².